The number of amides is 3. The molecule has 0 aliphatic rings. The number of carboxylic acid groups (broad SMARTS) is 1. The summed E-state index contributed by atoms with van der Waals surface area (Å²) < 4.78 is -0.602. The quantitative estimate of drug-likeness (QED) is 0.160. The molecule has 200 valence electrons. The Morgan fingerprint density at radius 3 is 0.941 bits per heavy atom. The molecule has 0 unspecified atom stereocenters. The first kappa shape index (κ1) is 34.6. The second-order valence-corrected chi connectivity index (χ2v) is 9.41. The third kappa shape index (κ3) is 17.0. The van der Waals surface area contributed by atoms with E-state index in [2.05, 4.69) is 20.8 Å². The Morgan fingerprint density at radius 1 is 0.500 bits per heavy atom. The van der Waals surface area contributed by atoms with Crippen molar-refractivity contribution in [2.24, 2.45) is 0 Å². The molecule has 0 aliphatic carbocycles. The number of carbonyl (C=O) groups is 4. The summed E-state index contributed by atoms with van der Waals surface area (Å²) in [6.07, 6.45) is 16.8. The number of quaternary nitrogens is 1. The maximum absolute atomic E-state index is 13.0. The van der Waals surface area contributed by atoms with Crippen LogP contribution >= 0.6 is 0 Å². The Kier molecular flexibility index (Phi) is 23.6. The zero-order chi connectivity index (χ0) is 26.2. The molecule has 0 aliphatic heterocycles. The number of rotatable bonds is 19. The number of unbranched alkanes of at least 4 members (excludes halogenated alkanes) is 12. The van der Waals surface area contributed by atoms with Gasteiger partial charge in [0, 0.05) is 5.97 Å². The van der Waals surface area contributed by atoms with E-state index in [0.717, 1.165) is 77.0 Å². The van der Waals surface area contributed by atoms with Gasteiger partial charge in [0.15, 0.2) is 0 Å². The van der Waals surface area contributed by atoms with Gasteiger partial charge in [0.25, 0.3) is 0 Å². The third-order valence-corrected chi connectivity index (χ3v) is 6.27. The average Bonchev–Trinajstić information content (AvgIpc) is 2.82. The predicted molar refractivity (Wildman–Crippen MR) is 137 cm³/mol. The molecule has 0 N–H and O–H groups in total. The van der Waals surface area contributed by atoms with Crippen molar-refractivity contribution < 1.29 is 28.8 Å². The van der Waals surface area contributed by atoms with Crippen molar-refractivity contribution >= 4 is 23.7 Å². The molecule has 0 radical (unpaired) electrons. The summed E-state index contributed by atoms with van der Waals surface area (Å²) in [5.41, 5.74) is 0. The molecule has 0 heterocycles. The molecule has 0 bridgehead atoms. The van der Waals surface area contributed by atoms with Gasteiger partial charge in [-0.25, -0.2) is 14.4 Å². The Bertz CT molecular complexity index is 494. The lowest BCUT2D eigenvalue weighted by molar-refractivity contribution is -0.681. The molecule has 0 spiro atoms. The van der Waals surface area contributed by atoms with E-state index < -0.39 is 10.5 Å². The normalized spacial score (nSPS) is 11.0. The molecule has 0 atom stereocenters. The number of carbonyl (C=O) groups excluding carboxylic acids is 4. The van der Waals surface area contributed by atoms with Crippen molar-refractivity contribution in [1.29, 1.82) is 0 Å². The first-order chi connectivity index (χ1) is 16.2. The van der Waals surface area contributed by atoms with Crippen molar-refractivity contribution in [3.05, 3.63) is 0 Å². The van der Waals surface area contributed by atoms with Gasteiger partial charge in [-0.05, 0) is 25.7 Å². The topological polar surface area (TPSA) is 91.3 Å². The van der Waals surface area contributed by atoms with E-state index in [1.807, 2.05) is 0 Å². The van der Waals surface area contributed by atoms with Gasteiger partial charge in [-0.15, -0.1) is 4.48 Å². The Hall–Kier alpha value is -1.56. The second kappa shape index (κ2) is 23.2. The van der Waals surface area contributed by atoms with E-state index in [4.69, 9.17) is 0 Å². The van der Waals surface area contributed by atoms with Crippen LogP contribution in [0.15, 0.2) is 0 Å². The van der Waals surface area contributed by atoms with Crippen molar-refractivity contribution in [3.8, 4) is 0 Å². The molecule has 6 heteroatoms. The highest BCUT2D eigenvalue weighted by Crippen LogP contribution is 2.20. The van der Waals surface area contributed by atoms with E-state index in [-0.39, 0.29) is 24.1 Å². The van der Waals surface area contributed by atoms with Crippen LogP contribution in [-0.4, -0.2) is 35.2 Å². The molecule has 0 fully saturated rings. The number of carboxylic acids is 1. The first-order valence-corrected chi connectivity index (χ1v) is 13.9. The number of hydrogen-bond donors (Lipinski definition) is 0. The minimum atomic E-state index is -0.995. The highest BCUT2D eigenvalue weighted by molar-refractivity contribution is 5.97. The third-order valence-electron chi connectivity index (χ3n) is 6.27. The zero-order valence-corrected chi connectivity index (χ0v) is 22.9. The zero-order valence-electron chi connectivity index (χ0n) is 22.9. The maximum atomic E-state index is 13.0. The minimum absolute atomic E-state index is 0.111. The second-order valence-electron chi connectivity index (χ2n) is 9.41. The standard InChI is InChI=1S/C25H48NO3.C3H6O2/c1-5-8-11-14-17-20-23(27)26(4,24(28)21-18-15-12-9-6-2)25(29)22-19-16-13-10-7-3;1-2-3(4)5/h5-22H2,1-4H3;2H2,1H3,(H,4,5)/q+1;/p-1. The van der Waals surface area contributed by atoms with Gasteiger partial charge >= 0.3 is 17.7 Å². The Balaban J connectivity index is 0. The molecule has 0 aromatic heterocycles. The SMILES string of the molecule is CCC(=O)[O-].CCCCCCCC(=O)[N+](C)(C(=O)CCCCCCC)C(=O)CCCCCCC. The first-order valence-electron chi connectivity index (χ1n) is 13.9. The molecular weight excluding hydrogens is 430 g/mol. The fourth-order valence-corrected chi connectivity index (χ4v) is 3.73. The lowest BCUT2D eigenvalue weighted by Crippen LogP contribution is -2.57. The molecule has 0 aromatic carbocycles. The van der Waals surface area contributed by atoms with Crippen LogP contribution in [0.25, 0.3) is 0 Å². The van der Waals surface area contributed by atoms with Crippen LogP contribution in [0.1, 0.15) is 150 Å². The number of nitrogens with zero attached hydrogens (tertiary/aromatic N) is 1. The molecule has 0 rings (SSSR count). The van der Waals surface area contributed by atoms with E-state index in [1.54, 1.807) is 7.05 Å². The van der Waals surface area contributed by atoms with Gasteiger partial charge in [0.05, 0.1) is 26.3 Å². The van der Waals surface area contributed by atoms with Crippen molar-refractivity contribution in [1.82, 2.24) is 0 Å². The number of imide groups is 3. The van der Waals surface area contributed by atoms with Crippen molar-refractivity contribution in [3.63, 3.8) is 0 Å². The average molecular weight is 484 g/mol. The van der Waals surface area contributed by atoms with Crippen LogP contribution in [-0.2, 0) is 19.2 Å². The van der Waals surface area contributed by atoms with E-state index in [1.165, 1.54) is 26.2 Å². The molecule has 3 amide bonds. The predicted octanol–water partition coefficient (Wildman–Crippen LogP) is 6.24. The van der Waals surface area contributed by atoms with Crippen molar-refractivity contribution in [2.75, 3.05) is 7.05 Å². The minimum Gasteiger partial charge on any atom is -0.550 e. The van der Waals surface area contributed by atoms with Crippen LogP contribution in [0.3, 0.4) is 0 Å². The van der Waals surface area contributed by atoms with Gasteiger partial charge in [0.2, 0.25) is 0 Å². The number of hydrogen-bond acceptors (Lipinski definition) is 5. The van der Waals surface area contributed by atoms with Crippen LogP contribution in [0.2, 0.25) is 0 Å². The van der Waals surface area contributed by atoms with Crippen LogP contribution in [0.4, 0.5) is 0 Å². The van der Waals surface area contributed by atoms with E-state index in [0.29, 0.717) is 19.3 Å². The summed E-state index contributed by atoms with van der Waals surface area (Å²) in [5.74, 6) is -1.58. The monoisotopic (exact) mass is 483 g/mol. The van der Waals surface area contributed by atoms with Gasteiger partial charge in [-0.3, -0.25) is 0 Å². The fourth-order valence-electron chi connectivity index (χ4n) is 3.73. The van der Waals surface area contributed by atoms with Crippen LogP contribution < -0.4 is 5.11 Å². The smallest absolute Gasteiger partial charge is 0.328 e. The summed E-state index contributed by atoms with van der Waals surface area (Å²) >= 11 is 0. The Labute approximate surface area is 209 Å². The van der Waals surface area contributed by atoms with Gasteiger partial charge in [0.1, 0.15) is 0 Å². The summed E-state index contributed by atoms with van der Waals surface area (Å²) in [6, 6.07) is 0. The maximum Gasteiger partial charge on any atom is 0.328 e. The summed E-state index contributed by atoms with van der Waals surface area (Å²) in [6.45, 7) is 8.03. The van der Waals surface area contributed by atoms with Crippen LogP contribution in [0.5, 0.6) is 0 Å². The van der Waals surface area contributed by atoms with Gasteiger partial charge in [-0.1, -0.05) is 105 Å². The molecule has 0 aromatic rings. The summed E-state index contributed by atoms with van der Waals surface area (Å²) in [7, 11) is 1.57. The molecule has 34 heavy (non-hydrogen) atoms. The molecular formula is C28H53NO5. The molecule has 6 nitrogen and oxygen atoms in total. The fraction of sp³-hybridized carbons (Fsp3) is 0.857. The molecule has 0 saturated heterocycles. The summed E-state index contributed by atoms with van der Waals surface area (Å²) in [4.78, 5) is 48.2. The summed E-state index contributed by atoms with van der Waals surface area (Å²) in [5, 5.41) is 9.26. The highest BCUT2D eigenvalue weighted by Gasteiger charge is 2.45. The lowest BCUT2D eigenvalue weighted by Gasteiger charge is -2.26. The van der Waals surface area contributed by atoms with Crippen molar-refractivity contribution in [2.45, 2.75) is 150 Å². The van der Waals surface area contributed by atoms with Crippen LogP contribution in [0, 0.1) is 0 Å². The Morgan fingerprint density at radius 2 is 0.735 bits per heavy atom. The molecule has 0 saturated carbocycles. The number of aliphatic carboxylic acids is 1. The highest BCUT2D eigenvalue weighted by atomic mass is 16.4. The largest absolute Gasteiger partial charge is 0.550 e. The van der Waals surface area contributed by atoms with E-state index >= 15 is 0 Å². The van der Waals surface area contributed by atoms with E-state index in [9.17, 15) is 24.3 Å². The lowest BCUT2D eigenvalue weighted by atomic mass is 10.1. The van der Waals surface area contributed by atoms with Gasteiger partial charge < -0.3 is 9.90 Å². The van der Waals surface area contributed by atoms with Gasteiger partial charge in [-0.2, -0.15) is 0 Å².